The monoisotopic (exact) mass is 1190 g/mol. The highest BCUT2D eigenvalue weighted by Crippen LogP contribution is 2.38. The van der Waals surface area contributed by atoms with E-state index < -0.39 is 20.0 Å². The van der Waals surface area contributed by atoms with Crippen LogP contribution < -0.4 is 10.2 Å². The predicted molar refractivity (Wildman–Crippen MR) is 358 cm³/mol. The third kappa shape index (κ3) is 64.5. The molecule has 0 radical (unpaired) electrons. The number of quaternary nitrogens is 1. The summed E-state index contributed by atoms with van der Waals surface area (Å²) in [6.45, 7) is 6.87. The van der Waals surface area contributed by atoms with E-state index in [-0.39, 0.29) is 31.5 Å². The van der Waals surface area contributed by atoms with Gasteiger partial charge in [-0.1, -0.05) is 327 Å². The molecule has 0 aromatic carbocycles. The van der Waals surface area contributed by atoms with E-state index >= 15 is 0 Å². The molecule has 0 heterocycles. The van der Waals surface area contributed by atoms with E-state index in [0.717, 1.165) is 77.0 Å². The van der Waals surface area contributed by atoms with E-state index in [1.165, 1.54) is 257 Å². The molecule has 0 aliphatic carbocycles. The van der Waals surface area contributed by atoms with E-state index in [9.17, 15) is 19.0 Å². The summed E-state index contributed by atoms with van der Waals surface area (Å²) in [5, 5.41) is 3.04. The maximum Gasteiger partial charge on any atom is 0.306 e. The highest BCUT2D eigenvalue weighted by Gasteiger charge is 2.27. The lowest BCUT2D eigenvalue weighted by molar-refractivity contribution is -0.870. The summed E-state index contributed by atoms with van der Waals surface area (Å²) in [6.07, 6.45) is 78.5. The van der Waals surface area contributed by atoms with Gasteiger partial charge in [-0.2, -0.15) is 0 Å². The summed E-state index contributed by atoms with van der Waals surface area (Å²) < 4.78 is 30.5. The van der Waals surface area contributed by atoms with Crippen LogP contribution in [0.15, 0.2) is 36.5 Å². The van der Waals surface area contributed by atoms with Crippen molar-refractivity contribution in [3.63, 3.8) is 0 Å². The maximum absolute atomic E-state index is 13.6. The number of hydrogen-bond acceptors (Lipinski definition) is 7. The van der Waals surface area contributed by atoms with Crippen LogP contribution in [-0.2, 0) is 27.9 Å². The van der Waals surface area contributed by atoms with Crippen molar-refractivity contribution in [2.45, 2.75) is 380 Å². The smallest absolute Gasteiger partial charge is 0.306 e. The zero-order valence-electron chi connectivity index (χ0n) is 56.2. The van der Waals surface area contributed by atoms with Crippen molar-refractivity contribution in [1.82, 2.24) is 5.32 Å². The van der Waals surface area contributed by atoms with Gasteiger partial charge in [-0.05, 0) is 63.9 Å². The number of carbonyl (C=O) groups is 2. The fourth-order valence-electron chi connectivity index (χ4n) is 11.0. The van der Waals surface area contributed by atoms with Crippen LogP contribution in [-0.4, -0.2) is 69.4 Å². The lowest BCUT2D eigenvalue weighted by atomic mass is 10.0. The number of phosphoric acid groups is 1. The zero-order valence-corrected chi connectivity index (χ0v) is 57.1. The van der Waals surface area contributed by atoms with E-state index in [0.29, 0.717) is 17.4 Å². The van der Waals surface area contributed by atoms with E-state index in [1.54, 1.807) is 0 Å². The van der Waals surface area contributed by atoms with Gasteiger partial charge in [-0.15, -0.1) is 0 Å². The van der Waals surface area contributed by atoms with Crippen LogP contribution in [0.25, 0.3) is 0 Å². The van der Waals surface area contributed by atoms with Gasteiger partial charge in [0, 0.05) is 12.8 Å². The Balaban J connectivity index is 5.00. The van der Waals surface area contributed by atoms with E-state index in [1.807, 2.05) is 33.3 Å². The zero-order chi connectivity index (χ0) is 60.7. The number of ether oxygens (including phenoxy) is 1. The molecule has 1 amide bonds. The Morgan fingerprint density at radius 2 is 0.735 bits per heavy atom. The average molecular weight is 1190 g/mol. The largest absolute Gasteiger partial charge is 0.756 e. The molecule has 9 nitrogen and oxygen atoms in total. The first-order valence-electron chi connectivity index (χ1n) is 36.3. The molecule has 3 unspecified atom stereocenters. The first kappa shape index (κ1) is 81.2. The van der Waals surface area contributed by atoms with Gasteiger partial charge < -0.3 is 28.5 Å². The second kappa shape index (κ2) is 63.3. The van der Waals surface area contributed by atoms with Crippen molar-refractivity contribution in [3.8, 4) is 0 Å². The molecular formula is C73H141N2O7P. The Hall–Kier alpha value is -1.77. The number of esters is 1. The van der Waals surface area contributed by atoms with Crippen LogP contribution in [0.3, 0.4) is 0 Å². The highest BCUT2D eigenvalue weighted by molar-refractivity contribution is 7.45. The van der Waals surface area contributed by atoms with E-state index in [4.69, 9.17) is 13.8 Å². The molecule has 0 rings (SSSR count). The molecule has 83 heavy (non-hydrogen) atoms. The number of hydrogen-bond donors (Lipinski definition) is 1. The van der Waals surface area contributed by atoms with Crippen LogP contribution in [0.2, 0.25) is 0 Å². The minimum absolute atomic E-state index is 0.0214. The molecular weight excluding hydrogens is 1050 g/mol. The summed E-state index contributed by atoms with van der Waals surface area (Å²) in [5.41, 5.74) is 0. The quantitative estimate of drug-likeness (QED) is 0.0212. The van der Waals surface area contributed by atoms with Crippen molar-refractivity contribution in [1.29, 1.82) is 0 Å². The van der Waals surface area contributed by atoms with Crippen molar-refractivity contribution in [3.05, 3.63) is 36.5 Å². The molecule has 0 spiro atoms. The van der Waals surface area contributed by atoms with Crippen molar-refractivity contribution >= 4 is 19.7 Å². The second-order valence-electron chi connectivity index (χ2n) is 26.1. The normalized spacial score (nSPS) is 13.7. The summed E-state index contributed by atoms with van der Waals surface area (Å²) in [5.74, 6) is -0.530. The maximum atomic E-state index is 13.6. The number of nitrogens with zero attached hydrogens (tertiary/aromatic N) is 1. The molecule has 0 aliphatic heterocycles. The molecule has 3 atom stereocenters. The lowest BCUT2D eigenvalue weighted by Crippen LogP contribution is -2.47. The molecule has 0 fully saturated rings. The fraction of sp³-hybridized carbons (Fsp3) is 0.890. The van der Waals surface area contributed by atoms with Crippen LogP contribution in [0.1, 0.15) is 367 Å². The van der Waals surface area contributed by atoms with Gasteiger partial charge in [-0.3, -0.25) is 14.2 Å². The molecule has 0 aromatic heterocycles. The SMILES string of the molecule is CCCCC/C=C\C/C=C\CCCCCCCCCC(=O)NC(COP(=O)([O-])OCC[N+](C)(C)C)C(/C=C\CCCCCCCCCCCCC)OC(=O)CCCCCCCCCCCCCCCCCCCCCCCCCCCCC. The third-order valence-electron chi connectivity index (χ3n) is 16.6. The Morgan fingerprint density at radius 1 is 0.422 bits per heavy atom. The van der Waals surface area contributed by atoms with Gasteiger partial charge in [0.15, 0.2) is 0 Å². The Morgan fingerprint density at radius 3 is 1.11 bits per heavy atom. The van der Waals surface area contributed by atoms with Crippen LogP contribution in [0, 0.1) is 0 Å². The molecule has 1 N–H and O–H groups in total. The molecule has 0 aromatic rings. The van der Waals surface area contributed by atoms with Crippen LogP contribution in [0.4, 0.5) is 0 Å². The first-order valence-corrected chi connectivity index (χ1v) is 37.8. The lowest BCUT2D eigenvalue weighted by Gasteiger charge is -2.30. The fourth-order valence-corrected chi connectivity index (χ4v) is 11.7. The Bertz CT molecular complexity index is 1510. The number of carbonyl (C=O) groups excluding carboxylic acids is 2. The number of phosphoric ester groups is 1. The number of rotatable bonds is 67. The number of unbranched alkanes of at least 4 members (excludes halogenated alkanes) is 47. The van der Waals surface area contributed by atoms with Crippen molar-refractivity contribution in [2.24, 2.45) is 0 Å². The topological polar surface area (TPSA) is 114 Å². The summed E-state index contributed by atoms with van der Waals surface area (Å²) in [4.78, 5) is 40.2. The number of amides is 1. The van der Waals surface area contributed by atoms with Crippen molar-refractivity contribution in [2.75, 3.05) is 40.9 Å². The standard InChI is InChI=1S/C73H141N2O7P/c1-7-10-13-16-19-22-25-28-30-32-33-34-35-36-37-38-39-40-41-43-45-48-51-54-57-60-63-66-73(77)82-71(64-61-58-55-52-49-46-27-24-21-18-15-12-9-3)70(69-81-83(78,79)80-68-67-75(4,5)6)74-72(76)65-62-59-56-53-50-47-44-42-31-29-26-23-20-17-14-11-8-2/h20,23,29,31,61,64,70-71H,7-19,21-22,24-28,30,32-60,62-63,65-69H2,1-6H3,(H-,74,76,78,79)/b23-20-,31-29-,64-61-. The number of likely N-dealkylation sites (N-methyl/N-ethyl adjacent to an activating group) is 1. The number of nitrogens with one attached hydrogen (secondary N) is 1. The molecule has 0 aliphatic rings. The second-order valence-corrected chi connectivity index (χ2v) is 27.5. The van der Waals surface area contributed by atoms with Gasteiger partial charge >= 0.3 is 5.97 Å². The predicted octanol–water partition coefficient (Wildman–Crippen LogP) is 22.4. The summed E-state index contributed by atoms with van der Waals surface area (Å²) >= 11 is 0. The summed E-state index contributed by atoms with van der Waals surface area (Å²) in [7, 11) is 1.20. The molecule has 10 heteroatoms. The Kier molecular flexibility index (Phi) is 61.9. The molecule has 0 saturated carbocycles. The third-order valence-corrected chi connectivity index (χ3v) is 17.5. The number of allylic oxidation sites excluding steroid dienone is 5. The van der Waals surface area contributed by atoms with E-state index in [2.05, 4.69) is 50.4 Å². The summed E-state index contributed by atoms with van der Waals surface area (Å²) in [6, 6.07) is -0.890. The van der Waals surface area contributed by atoms with Gasteiger partial charge in [0.05, 0.1) is 33.8 Å². The van der Waals surface area contributed by atoms with Crippen LogP contribution >= 0.6 is 7.82 Å². The molecule has 0 saturated heterocycles. The minimum Gasteiger partial charge on any atom is -0.756 e. The van der Waals surface area contributed by atoms with Crippen LogP contribution in [0.5, 0.6) is 0 Å². The highest BCUT2D eigenvalue weighted by atomic mass is 31.2. The van der Waals surface area contributed by atoms with Gasteiger partial charge in [0.1, 0.15) is 19.3 Å². The molecule has 0 bridgehead atoms. The average Bonchev–Trinajstić information content (AvgIpc) is 3.46. The molecule has 490 valence electrons. The van der Waals surface area contributed by atoms with Crippen molar-refractivity contribution < 1.29 is 37.3 Å². The van der Waals surface area contributed by atoms with Gasteiger partial charge in [-0.25, -0.2) is 0 Å². The first-order chi connectivity index (χ1) is 40.4. The van der Waals surface area contributed by atoms with Gasteiger partial charge in [0.25, 0.3) is 7.82 Å². The Labute approximate surface area is 516 Å². The minimum atomic E-state index is -4.70. The van der Waals surface area contributed by atoms with Gasteiger partial charge in [0.2, 0.25) is 5.91 Å².